The van der Waals surface area contributed by atoms with E-state index in [4.69, 9.17) is 0 Å². The number of nitrogens with zero attached hydrogens (tertiary/aromatic N) is 3. The third kappa shape index (κ3) is 5.86. The van der Waals surface area contributed by atoms with Gasteiger partial charge in [-0.05, 0) is 43.0 Å². The van der Waals surface area contributed by atoms with Gasteiger partial charge in [-0.1, -0.05) is 12.2 Å². The molecule has 0 aliphatic carbocycles. The third-order valence-electron chi connectivity index (χ3n) is 2.49. The largest absolute Gasteiger partial charge is 0.394 e. The van der Waals surface area contributed by atoms with Crippen LogP contribution in [0.4, 0.5) is 11.4 Å². The van der Waals surface area contributed by atoms with Gasteiger partial charge >= 0.3 is 0 Å². The van der Waals surface area contributed by atoms with Gasteiger partial charge in [0.25, 0.3) is 0 Å². The molecule has 4 heteroatoms. The van der Waals surface area contributed by atoms with Crippen molar-refractivity contribution in [2.75, 3.05) is 32.6 Å². The van der Waals surface area contributed by atoms with Crippen LogP contribution in [0.25, 0.3) is 0 Å². The first-order valence-corrected chi connectivity index (χ1v) is 6.29. The Morgan fingerprint density at radius 3 is 2.53 bits per heavy atom. The Labute approximate surface area is 115 Å². The maximum absolute atomic E-state index is 4.17. The molecule has 0 saturated heterocycles. The lowest BCUT2D eigenvalue weighted by Crippen LogP contribution is -2.07. The summed E-state index contributed by atoms with van der Waals surface area (Å²) < 4.78 is 0. The lowest BCUT2D eigenvalue weighted by Gasteiger charge is -2.11. The third-order valence-corrected chi connectivity index (χ3v) is 2.49. The van der Waals surface area contributed by atoms with Crippen LogP contribution in [0.5, 0.6) is 0 Å². The highest BCUT2D eigenvalue weighted by Gasteiger charge is 1.94. The van der Waals surface area contributed by atoms with Crippen molar-refractivity contribution in [3.8, 4) is 0 Å². The fourth-order valence-electron chi connectivity index (χ4n) is 1.50. The zero-order chi connectivity index (χ0) is 14.1. The van der Waals surface area contributed by atoms with Gasteiger partial charge in [-0.15, -0.1) is 0 Å². The summed E-state index contributed by atoms with van der Waals surface area (Å²) in [5, 5.41) is 11.3. The molecule has 0 fully saturated rings. The van der Waals surface area contributed by atoms with Gasteiger partial charge in [-0.3, -0.25) is 0 Å². The number of allylic oxidation sites excluding steroid dienone is 2. The molecule has 0 aliphatic heterocycles. The fourth-order valence-corrected chi connectivity index (χ4v) is 1.50. The molecule has 0 heterocycles. The Bertz CT molecular complexity index is 456. The molecular formula is C15H22N4. The van der Waals surface area contributed by atoms with E-state index >= 15 is 0 Å². The summed E-state index contributed by atoms with van der Waals surface area (Å²) in [6, 6.07) is 8.00. The summed E-state index contributed by atoms with van der Waals surface area (Å²) >= 11 is 0. The summed E-state index contributed by atoms with van der Waals surface area (Å²) in [4.78, 5) is 2.06. The molecule has 0 atom stereocenters. The number of nitrogens with one attached hydrogen (secondary N) is 1. The number of anilines is 1. The molecule has 1 aromatic carbocycles. The zero-order valence-corrected chi connectivity index (χ0v) is 12.1. The molecule has 4 nitrogen and oxygen atoms in total. The van der Waals surface area contributed by atoms with Crippen LogP contribution in [0.1, 0.15) is 6.92 Å². The number of benzene rings is 1. The van der Waals surface area contributed by atoms with E-state index in [2.05, 4.69) is 20.4 Å². The van der Waals surface area contributed by atoms with Gasteiger partial charge in [0.1, 0.15) is 0 Å². The molecule has 0 aromatic heterocycles. The summed E-state index contributed by atoms with van der Waals surface area (Å²) in [6.45, 7) is 2.62. The lowest BCUT2D eigenvalue weighted by atomic mass is 10.3. The van der Waals surface area contributed by atoms with Gasteiger partial charge in [-0.25, -0.2) is 0 Å². The van der Waals surface area contributed by atoms with Crippen LogP contribution in [0.2, 0.25) is 0 Å². The molecule has 0 spiro atoms. The molecule has 1 N–H and O–H groups in total. The van der Waals surface area contributed by atoms with E-state index in [0.717, 1.165) is 16.9 Å². The smallest absolute Gasteiger partial charge is 0.0854 e. The van der Waals surface area contributed by atoms with Crippen molar-refractivity contribution in [2.45, 2.75) is 6.92 Å². The van der Waals surface area contributed by atoms with Crippen LogP contribution in [0, 0.1) is 0 Å². The van der Waals surface area contributed by atoms with Crippen LogP contribution in [-0.4, -0.2) is 27.7 Å². The molecule has 0 radical (unpaired) electrons. The molecule has 102 valence electrons. The predicted octanol–water partition coefficient (Wildman–Crippen LogP) is 3.52. The van der Waals surface area contributed by atoms with Gasteiger partial charge in [0.05, 0.1) is 12.2 Å². The second-order valence-electron chi connectivity index (χ2n) is 4.41. The van der Waals surface area contributed by atoms with Crippen LogP contribution in [-0.2, 0) is 0 Å². The summed E-state index contributed by atoms with van der Waals surface area (Å²) in [5.41, 5.74) is 3.20. The van der Waals surface area contributed by atoms with Crippen molar-refractivity contribution in [2.24, 2.45) is 10.2 Å². The van der Waals surface area contributed by atoms with E-state index in [1.165, 1.54) is 0 Å². The fraction of sp³-hybridized carbons (Fsp3) is 0.333. The maximum Gasteiger partial charge on any atom is 0.0854 e. The second-order valence-corrected chi connectivity index (χ2v) is 4.41. The minimum Gasteiger partial charge on any atom is -0.394 e. The van der Waals surface area contributed by atoms with Gasteiger partial charge in [0, 0.05) is 26.8 Å². The predicted molar refractivity (Wildman–Crippen MR) is 82.1 cm³/mol. The number of rotatable bonds is 6. The first kappa shape index (κ1) is 15.0. The van der Waals surface area contributed by atoms with Crippen molar-refractivity contribution in [1.29, 1.82) is 0 Å². The molecule has 0 bridgehead atoms. The maximum atomic E-state index is 4.17. The van der Waals surface area contributed by atoms with Gasteiger partial charge in [0.15, 0.2) is 0 Å². The van der Waals surface area contributed by atoms with Crippen molar-refractivity contribution in [1.82, 2.24) is 5.32 Å². The quantitative estimate of drug-likeness (QED) is 0.626. The van der Waals surface area contributed by atoms with Crippen molar-refractivity contribution in [3.05, 3.63) is 48.2 Å². The minimum absolute atomic E-state index is 0.588. The molecule has 0 aliphatic rings. The molecule has 1 aromatic rings. The molecular weight excluding hydrogens is 236 g/mol. The highest BCUT2D eigenvalue weighted by atomic mass is 15.1. The molecule has 1 rings (SSSR count). The monoisotopic (exact) mass is 258 g/mol. The average Bonchev–Trinajstić information content (AvgIpc) is 2.39. The molecule has 0 unspecified atom stereocenters. The normalized spacial score (nSPS) is 12.3. The summed E-state index contributed by atoms with van der Waals surface area (Å²) in [6.07, 6.45) is 5.94. The highest BCUT2D eigenvalue weighted by molar-refractivity contribution is 5.51. The van der Waals surface area contributed by atoms with E-state index in [-0.39, 0.29) is 0 Å². The standard InChI is InChI=1S/C15H22N4/c1-13(12-16-2)6-5-11-17-18-14-7-9-15(10-8-14)19(3)4/h5-10,12,16H,11H2,1-4H3/b6-5-,13-12-,18-17?. The van der Waals surface area contributed by atoms with Crippen molar-refractivity contribution >= 4 is 11.4 Å². The first-order valence-electron chi connectivity index (χ1n) is 6.29. The van der Waals surface area contributed by atoms with E-state index < -0.39 is 0 Å². The average molecular weight is 258 g/mol. The molecule has 0 amide bonds. The zero-order valence-electron chi connectivity index (χ0n) is 12.1. The Hall–Kier alpha value is -2.10. The van der Waals surface area contributed by atoms with Crippen molar-refractivity contribution < 1.29 is 0 Å². The SMILES string of the molecule is CN/C=C(C)\C=C/CN=Nc1ccc(N(C)C)cc1. The number of hydrogen-bond donors (Lipinski definition) is 1. The highest BCUT2D eigenvalue weighted by Crippen LogP contribution is 2.18. The Kier molecular flexibility index (Phi) is 6.36. The Morgan fingerprint density at radius 1 is 1.26 bits per heavy atom. The van der Waals surface area contributed by atoms with Crippen LogP contribution in [0.3, 0.4) is 0 Å². The summed E-state index contributed by atoms with van der Waals surface area (Å²) in [7, 11) is 5.92. The van der Waals surface area contributed by atoms with E-state index in [1.807, 2.05) is 70.7 Å². The van der Waals surface area contributed by atoms with E-state index in [0.29, 0.717) is 6.54 Å². The van der Waals surface area contributed by atoms with Crippen molar-refractivity contribution in [3.63, 3.8) is 0 Å². The number of hydrogen-bond acceptors (Lipinski definition) is 4. The first-order chi connectivity index (χ1) is 9.13. The van der Waals surface area contributed by atoms with Gasteiger partial charge in [0.2, 0.25) is 0 Å². The minimum atomic E-state index is 0.588. The molecule has 19 heavy (non-hydrogen) atoms. The van der Waals surface area contributed by atoms with Crippen LogP contribution < -0.4 is 10.2 Å². The van der Waals surface area contributed by atoms with Gasteiger partial charge < -0.3 is 10.2 Å². The van der Waals surface area contributed by atoms with Crippen LogP contribution >= 0.6 is 0 Å². The Morgan fingerprint density at radius 2 is 1.95 bits per heavy atom. The summed E-state index contributed by atoms with van der Waals surface area (Å²) in [5.74, 6) is 0. The topological polar surface area (TPSA) is 40.0 Å². The number of azo groups is 1. The van der Waals surface area contributed by atoms with E-state index in [1.54, 1.807) is 0 Å². The van der Waals surface area contributed by atoms with E-state index in [9.17, 15) is 0 Å². The lowest BCUT2D eigenvalue weighted by molar-refractivity contribution is 1.06. The van der Waals surface area contributed by atoms with Gasteiger partial charge in [-0.2, -0.15) is 10.2 Å². The molecule has 0 saturated carbocycles. The van der Waals surface area contributed by atoms with Crippen LogP contribution in [0.15, 0.2) is 58.4 Å². The second kappa shape index (κ2) is 8.08. The Balaban J connectivity index is 2.47.